The summed E-state index contributed by atoms with van der Waals surface area (Å²) in [5, 5.41) is -0.0450. The highest BCUT2D eigenvalue weighted by Crippen LogP contribution is 2.16. The monoisotopic (exact) mass is 327 g/mol. The summed E-state index contributed by atoms with van der Waals surface area (Å²) in [5.41, 5.74) is 0.605. The van der Waals surface area contributed by atoms with Crippen LogP contribution in [0.2, 0.25) is 5.28 Å². The summed E-state index contributed by atoms with van der Waals surface area (Å²) in [7, 11) is -2.56. The number of sulfonamides is 1. The van der Waals surface area contributed by atoms with E-state index >= 15 is 0 Å². The zero-order valence-corrected chi connectivity index (χ0v) is 12.4. The van der Waals surface area contributed by atoms with Gasteiger partial charge in [-0.2, -0.15) is 0 Å². The van der Waals surface area contributed by atoms with Crippen LogP contribution in [0.3, 0.4) is 0 Å². The molecule has 2 rings (SSSR count). The number of rotatable bonds is 4. The average Bonchev–Trinajstić information content (AvgIpc) is 2.47. The van der Waals surface area contributed by atoms with E-state index in [1.54, 1.807) is 0 Å². The van der Waals surface area contributed by atoms with Crippen LogP contribution in [-0.4, -0.2) is 31.5 Å². The summed E-state index contributed by atoms with van der Waals surface area (Å²) in [6, 6.07) is 5.78. The van der Waals surface area contributed by atoms with E-state index in [4.69, 9.17) is 11.6 Å². The smallest absolute Gasteiger partial charge is 0.337 e. The van der Waals surface area contributed by atoms with Crippen molar-refractivity contribution in [3.63, 3.8) is 0 Å². The Balaban J connectivity index is 2.20. The van der Waals surface area contributed by atoms with Gasteiger partial charge in [0.1, 0.15) is 4.90 Å². The summed E-state index contributed by atoms with van der Waals surface area (Å²) >= 11 is 5.50. The Labute approximate surface area is 126 Å². The van der Waals surface area contributed by atoms with Crippen molar-refractivity contribution in [1.29, 1.82) is 0 Å². The number of esters is 1. The van der Waals surface area contributed by atoms with Gasteiger partial charge in [0, 0.05) is 5.69 Å². The number of halogens is 1. The first-order chi connectivity index (χ1) is 9.92. The first-order valence-electron chi connectivity index (χ1n) is 5.61. The van der Waals surface area contributed by atoms with Crippen molar-refractivity contribution in [2.24, 2.45) is 0 Å². The van der Waals surface area contributed by atoms with E-state index < -0.39 is 16.0 Å². The minimum Gasteiger partial charge on any atom is -0.465 e. The number of aromatic nitrogens is 2. The van der Waals surface area contributed by atoms with E-state index in [1.807, 2.05) is 0 Å². The number of carbonyl (C=O) groups is 1. The molecule has 110 valence electrons. The molecule has 2 aromatic rings. The molecule has 0 saturated heterocycles. The molecule has 1 heterocycles. The number of nitrogens with zero attached hydrogens (tertiary/aromatic N) is 2. The number of carbonyl (C=O) groups excluding carboxylic acids is 1. The fourth-order valence-electron chi connectivity index (χ4n) is 1.45. The number of methoxy groups -OCH3 is 1. The van der Waals surface area contributed by atoms with Crippen LogP contribution in [0.5, 0.6) is 0 Å². The molecule has 0 fully saturated rings. The molecule has 0 unspecified atom stereocenters. The minimum atomic E-state index is -3.82. The second-order valence-corrected chi connectivity index (χ2v) is 5.88. The van der Waals surface area contributed by atoms with Crippen molar-refractivity contribution in [3.05, 3.63) is 47.5 Å². The molecule has 0 amide bonds. The highest BCUT2D eigenvalue weighted by atomic mass is 35.5. The van der Waals surface area contributed by atoms with Crippen molar-refractivity contribution in [1.82, 2.24) is 9.97 Å². The lowest BCUT2D eigenvalue weighted by atomic mass is 10.2. The van der Waals surface area contributed by atoms with Crippen LogP contribution in [0.4, 0.5) is 5.69 Å². The van der Waals surface area contributed by atoms with Gasteiger partial charge in [-0.3, -0.25) is 4.72 Å². The van der Waals surface area contributed by atoms with Crippen molar-refractivity contribution in [2.45, 2.75) is 4.90 Å². The standard InChI is InChI=1S/C12H10ClN3O4S/c1-20-11(17)8-2-4-9(5-3-8)16-21(18,19)10-6-14-12(13)15-7-10/h2-7,16H,1H3. The molecule has 1 N–H and O–H groups in total. The maximum atomic E-state index is 12.1. The quantitative estimate of drug-likeness (QED) is 0.678. The number of anilines is 1. The van der Waals surface area contributed by atoms with Crippen molar-refractivity contribution in [3.8, 4) is 0 Å². The second kappa shape index (κ2) is 6.06. The molecule has 1 aromatic heterocycles. The predicted octanol–water partition coefficient (Wildman–Crippen LogP) is 1.72. The van der Waals surface area contributed by atoms with Crippen LogP contribution in [0, 0.1) is 0 Å². The summed E-state index contributed by atoms with van der Waals surface area (Å²) < 4.78 is 31.0. The third-order valence-electron chi connectivity index (χ3n) is 2.47. The summed E-state index contributed by atoms with van der Waals surface area (Å²) in [4.78, 5) is 18.4. The highest BCUT2D eigenvalue weighted by Gasteiger charge is 2.15. The van der Waals surface area contributed by atoms with Crippen LogP contribution in [0.25, 0.3) is 0 Å². The Hall–Kier alpha value is -2.19. The Kier molecular flexibility index (Phi) is 4.39. The lowest BCUT2D eigenvalue weighted by Gasteiger charge is -2.08. The number of ether oxygens (including phenoxy) is 1. The normalized spacial score (nSPS) is 11.0. The Morgan fingerprint density at radius 3 is 2.29 bits per heavy atom. The molecule has 1 aromatic carbocycles. The summed E-state index contributed by atoms with van der Waals surface area (Å²) in [5.74, 6) is -0.504. The predicted molar refractivity (Wildman–Crippen MR) is 75.6 cm³/mol. The fraction of sp³-hybridized carbons (Fsp3) is 0.0833. The topological polar surface area (TPSA) is 98.2 Å². The van der Waals surface area contributed by atoms with Crippen LogP contribution in [-0.2, 0) is 14.8 Å². The summed E-state index contributed by atoms with van der Waals surface area (Å²) in [6.07, 6.45) is 2.20. The van der Waals surface area contributed by atoms with E-state index in [0.717, 1.165) is 12.4 Å². The fourth-order valence-corrected chi connectivity index (χ4v) is 2.49. The maximum Gasteiger partial charge on any atom is 0.337 e. The molecule has 0 aliphatic carbocycles. The third kappa shape index (κ3) is 3.67. The van der Waals surface area contributed by atoms with Crippen molar-refractivity contribution in [2.75, 3.05) is 11.8 Å². The van der Waals surface area contributed by atoms with E-state index in [0.29, 0.717) is 5.56 Å². The van der Waals surface area contributed by atoms with Crippen LogP contribution >= 0.6 is 11.6 Å². The molecule has 0 aliphatic heterocycles. The molecular weight excluding hydrogens is 318 g/mol. The number of hydrogen-bond donors (Lipinski definition) is 1. The lowest BCUT2D eigenvalue weighted by molar-refractivity contribution is 0.0601. The lowest BCUT2D eigenvalue weighted by Crippen LogP contribution is -2.13. The Morgan fingerprint density at radius 2 is 1.76 bits per heavy atom. The average molecular weight is 328 g/mol. The minimum absolute atomic E-state index is 0.0450. The van der Waals surface area contributed by atoms with Gasteiger partial charge in [0.2, 0.25) is 5.28 Å². The van der Waals surface area contributed by atoms with Crippen molar-refractivity contribution >= 4 is 33.3 Å². The van der Waals surface area contributed by atoms with Gasteiger partial charge < -0.3 is 4.74 Å². The molecule has 0 bridgehead atoms. The molecule has 9 heteroatoms. The van der Waals surface area contributed by atoms with Gasteiger partial charge in [-0.05, 0) is 35.9 Å². The van der Waals surface area contributed by atoms with Crippen LogP contribution in [0.1, 0.15) is 10.4 Å². The maximum absolute atomic E-state index is 12.1. The van der Waals surface area contributed by atoms with Gasteiger partial charge in [-0.1, -0.05) is 0 Å². The van der Waals surface area contributed by atoms with Crippen LogP contribution in [0.15, 0.2) is 41.6 Å². The largest absolute Gasteiger partial charge is 0.465 e. The molecule has 7 nitrogen and oxygen atoms in total. The van der Waals surface area contributed by atoms with E-state index in [1.165, 1.54) is 31.4 Å². The third-order valence-corrected chi connectivity index (χ3v) is 4.00. The number of nitrogens with one attached hydrogen (secondary N) is 1. The van der Waals surface area contributed by atoms with Gasteiger partial charge >= 0.3 is 5.97 Å². The molecular formula is C12H10ClN3O4S. The van der Waals surface area contributed by atoms with E-state index in [2.05, 4.69) is 19.4 Å². The van der Waals surface area contributed by atoms with E-state index in [9.17, 15) is 13.2 Å². The molecule has 0 aliphatic rings. The first-order valence-corrected chi connectivity index (χ1v) is 7.47. The van der Waals surface area contributed by atoms with Crippen molar-refractivity contribution < 1.29 is 17.9 Å². The molecule has 21 heavy (non-hydrogen) atoms. The first kappa shape index (κ1) is 15.2. The van der Waals surface area contributed by atoms with Gasteiger partial charge in [0.15, 0.2) is 0 Å². The zero-order valence-electron chi connectivity index (χ0n) is 10.8. The highest BCUT2D eigenvalue weighted by molar-refractivity contribution is 7.92. The SMILES string of the molecule is COC(=O)c1ccc(NS(=O)(=O)c2cnc(Cl)nc2)cc1. The van der Waals surface area contributed by atoms with Gasteiger partial charge in [0.05, 0.1) is 25.1 Å². The summed E-state index contributed by atoms with van der Waals surface area (Å²) in [6.45, 7) is 0. The van der Waals surface area contributed by atoms with E-state index in [-0.39, 0.29) is 15.9 Å². The Morgan fingerprint density at radius 1 is 1.19 bits per heavy atom. The van der Waals surface area contributed by atoms with Gasteiger partial charge in [0.25, 0.3) is 10.0 Å². The second-order valence-electron chi connectivity index (χ2n) is 3.86. The molecule has 0 spiro atoms. The molecule has 0 radical (unpaired) electrons. The van der Waals surface area contributed by atoms with Gasteiger partial charge in [-0.15, -0.1) is 0 Å². The number of hydrogen-bond acceptors (Lipinski definition) is 6. The van der Waals surface area contributed by atoms with Gasteiger partial charge in [-0.25, -0.2) is 23.2 Å². The number of benzene rings is 1. The Bertz CT molecular complexity index is 745. The zero-order chi connectivity index (χ0) is 15.5. The van der Waals surface area contributed by atoms with Crippen LogP contribution < -0.4 is 4.72 Å². The molecule has 0 atom stereocenters. The molecule has 0 saturated carbocycles.